The molecule has 0 bridgehead atoms. The van der Waals surface area contributed by atoms with Crippen molar-refractivity contribution in [1.82, 2.24) is 9.80 Å². The second-order valence-electron chi connectivity index (χ2n) is 5.31. The molecule has 1 unspecified atom stereocenters. The summed E-state index contributed by atoms with van der Waals surface area (Å²) in [5, 5.41) is 9.10. The zero-order chi connectivity index (χ0) is 13.7. The molecular formula is C15H22N2O2. The van der Waals surface area contributed by atoms with Crippen LogP contribution in [0.1, 0.15) is 12.0 Å². The number of aliphatic hydroxyl groups excluding tert-OH is 1. The van der Waals surface area contributed by atoms with Crippen LogP contribution in [0, 0.1) is 5.92 Å². The van der Waals surface area contributed by atoms with Crippen LogP contribution in [-0.4, -0.2) is 54.1 Å². The summed E-state index contributed by atoms with van der Waals surface area (Å²) >= 11 is 0. The van der Waals surface area contributed by atoms with Gasteiger partial charge in [0.05, 0.1) is 6.54 Å². The highest BCUT2D eigenvalue weighted by atomic mass is 16.3. The number of likely N-dealkylation sites (N-methyl/N-ethyl adjacent to an activating group) is 1. The van der Waals surface area contributed by atoms with Crippen molar-refractivity contribution >= 4 is 5.91 Å². The summed E-state index contributed by atoms with van der Waals surface area (Å²) in [6.45, 7) is 3.08. The number of carbonyl (C=O) groups is 1. The number of likely N-dealkylation sites (tertiary alicyclic amines) is 1. The lowest BCUT2D eigenvalue weighted by Gasteiger charge is -2.21. The summed E-state index contributed by atoms with van der Waals surface area (Å²) in [6, 6.07) is 10.0. The molecule has 1 N–H and O–H groups in total. The van der Waals surface area contributed by atoms with Gasteiger partial charge in [-0.05, 0) is 24.4 Å². The van der Waals surface area contributed by atoms with Gasteiger partial charge in [-0.1, -0.05) is 30.3 Å². The van der Waals surface area contributed by atoms with E-state index in [1.54, 1.807) is 4.90 Å². The van der Waals surface area contributed by atoms with Crippen LogP contribution in [0.3, 0.4) is 0 Å². The van der Waals surface area contributed by atoms with Crippen molar-refractivity contribution in [2.24, 2.45) is 5.92 Å². The molecule has 1 fully saturated rings. The van der Waals surface area contributed by atoms with Gasteiger partial charge in [-0.3, -0.25) is 9.69 Å². The van der Waals surface area contributed by atoms with E-state index in [4.69, 9.17) is 5.11 Å². The number of hydrogen-bond donors (Lipinski definition) is 1. The molecule has 4 nitrogen and oxygen atoms in total. The van der Waals surface area contributed by atoms with Crippen molar-refractivity contribution in [2.75, 3.05) is 33.3 Å². The van der Waals surface area contributed by atoms with E-state index in [1.807, 2.05) is 37.4 Å². The molecule has 0 saturated carbocycles. The Morgan fingerprint density at radius 1 is 1.42 bits per heavy atom. The van der Waals surface area contributed by atoms with Gasteiger partial charge >= 0.3 is 0 Å². The van der Waals surface area contributed by atoms with Crippen molar-refractivity contribution in [3.63, 3.8) is 0 Å². The third-order valence-electron chi connectivity index (χ3n) is 3.68. The fourth-order valence-corrected chi connectivity index (χ4v) is 2.46. The maximum atomic E-state index is 12.1. The number of benzene rings is 1. The summed E-state index contributed by atoms with van der Waals surface area (Å²) in [5.41, 5.74) is 1.15. The fourth-order valence-electron chi connectivity index (χ4n) is 2.46. The monoisotopic (exact) mass is 262 g/mol. The first-order chi connectivity index (χ1) is 9.19. The van der Waals surface area contributed by atoms with E-state index < -0.39 is 0 Å². The smallest absolute Gasteiger partial charge is 0.236 e. The fraction of sp³-hybridized carbons (Fsp3) is 0.533. The molecule has 1 aliphatic heterocycles. The Morgan fingerprint density at radius 2 is 2.16 bits per heavy atom. The van der Waals surface area contributed by atoms with Gasteiger partial charge in [0.2, 0.25) is 5.91 Å². The number of nitrogens with zero attached hydrogens (tertiary/aromatic N) is 2. The third-order valence-corrected chi connectivity index (χ3v) is 3.68. The van der Waals surface area contributed by atoms with Crippen molar-refractivity contribution in [1.29, 1.82) is 0 Å². The Hall–Kier alpha value is -1.39. The molecule has 1 aliphatic rings. The number of aliphatic hydroxyl groups is 1. The topological polar surface area (TPSA) is 43.8 Å². The largest absolute Gasteiger partial charge is 0.396 e. The van der Waals surface area contributed by atoms with Crippen molar-refractivity contribution in [3.05, 3.63) is 35.9 Å². The summed E-state index contributed by atoms with van der Waals surface area (Å²) in [7, 11) is 1.84. The number of hydrogen-bond acceptors (Lipinski definition) is 3. The lowest BCUT2D eigenvalue weighted by atomic mass is 10.1. The van der Waals surface area contributed by atoms with E-state index in [9.17, 15) is 4.79 Å². The van der Waals surface area contributed by atoms with Gasteiger partial charge in [0, 0.05) is 26.7 Å². The van der Waals surface area contributed by atoms with Crippen LogP contribution in [0.5, 0.6) is 0 Å². The van der Waals surface area contributed by atoms with E-state index in [1.165, 1.54) is 0 Å². The van der Waals surface area contributed by atoms with Gasteiger partial charge in [-0.2, -0.15) is 0 Å². The molecule has 104 valence electrons. The normalized spacial score (nSPS) is 19.6. The number of carbonyl (C=O) groups excluding carboxylic acids is 1. The Labute approximate surface area is 114 Å². The van der Waals surface area contributed by atoms with Gasteiger partial charge in [0.1, 0.15) is 0 Å². The summed E-state index contributed by atoms with van der Waals surface area (Å²) in [5.74, 6) is 0.481. The SMILES string of the molecule is CN(Cc1ccccc1)C(=O)CN1CCC(CO)C1. The first kappa shape index (κ1) is 14.0. The standard InChI is InChI=1S/C15H22N2O2/c1-16(9-13-5-3-2-4-6-13)15(19)11-17-8-7-14(10-17)12-18/h2-6,14,18H,7-12H2,1H3. The highest BCUT2D eigenvalue weighted by Gasteiger charge is 2.24. The molecule has 2 rings (SSSR count). The molecule has 0 aromatic heterocycles. The molecule has 0 radical (unpaired) electrons. The molecule has 1 amide bonds. The minimum Gasteiger partial charge on any atom is -0.396 e. The van der Waals surface area contributed by atoms with E-state index >= 15 is 0 Å². The van der Waals surface area contributed by atoms with Crippen LogP contribution in [0.4, 0.5) is 0 Å². The zero-order valence-corrected chi connectivity index (χ0v) is 11.5. The molecule has 0 spiro atoms. The predicted molar refractivity (Wildman–Crippen MR) is 74.5 cm³/mol. The second-order valence-corrected chi connectivity index (χ2v) is 5.31. The molecule has 1 aromatic carbocycles. The summed E-state index contributed by atoms with van der Waals surface area (Å²) < 4.78 is 0. The minimum absolute atomic E-state index is 0.141. The molecular weight excluding hydrogens is 240 g/mol. The number of rotatable bonds is 5. The van der Waals surface area contributed by atoms with Crippen LogP contribution < -0.4 is 0 Å². The van der Waals surface area contributed by atoms with E-state index in [-0.39, 0.29) is 12.5 Å². The molecule has 1 aromatic rings. The van der Waals surface area contributed by atoms with Crippen LogP contribution in [0.15, 0.2) is 30.3 Å². The maximum Gasteiger partial charge on any atom is 0.236 e. The summed E-state index contributed by atoms with van der Waals surface area (Å²) in [6.07, 6.45) is 0.992. The zero-order valence-electron chi connectivity index (χ0n) is 11.5. The maximum absolute atomic E-state index is 12.1. The first-order valence-electron chi connectivity index (χ1n) is 6.80. The molecule has 1 atom stereocenters. The summed E-state index contributed by atoms with van der Waals surface area (Å²) in [4.78, 5) is 16.0. The van der Waals surface area contributed by atoms with Gasteiger partial charge < -0.3 is 10.0 Å². The molecule has 0 aliphatic carbocycles. The van der Waals surface area contributed by atoms with Crippen molar-refractivity contribution in [3.8, 4) is 0 Å². The van der Waals surface area contributed by atoms with Crippen LogP contribution in [-0.2, 0) is 11.3 Å². The third kappa shape index (κ3) is 4.04. The Balaban J connectivity index is 1.80. The van der Waals surface area contributed by atoms with Gasteiger partial charge in [-0.25, -0.2) is 0 Å². The van der Waals surface area contributed by atoms with E-state index in [2.05, 4.69) is 4.90 Å². The Morgan fingerprint density at radius 3 is 2.79 bits per heavy atom. The lowest BCUT2D eigenvalue weighted by Crippen LogP contribution is -2.37. The van der Waals surface area contributed by atoms with Gasteiger partial charge in [-0.15, -0.1) is 0 Å². The van der Waals surface area contributed by atoms with E-state index in [0.717, 1.165) is 25.1 Å². The molecule has 19 heavy (non-hydrogen) atoms. The Bertz CT molecular complexity index is 408. The van der Waals surface area contributed by atoms with Crippen molar-refractivity contribution < 1.29 is 9.90 Å². The first-order valence-corrected chi connectivity index (χ1v) is 6.80. The van der Waals surface area contributed by atoms with Crippen LogP contribution >= 0.6 is 0 Å². The van der Waals surface area contributed by atoms with Crippen LogP contribution in [0.25, 0.3) is 0 Å². The number of amides is 1. The van der Waals surface area contributed by atoms with Crippen molar-refractivity contribution in [2.45, 2.75) is 13.0 Å². The molecule has 4 heteroatoms. The molecule has 1 saturated heterocycles. The average Bonchev–Trinajstić information content (AvgIpc) is 2.87. The van der Waals surface area contributed by atoms with Gasteiger partial charge in [0.15, 0.2) is 0 Å². The average molecular weight is 262 g/mol. The predicted octanol–water partition coefficient (Wildman–Crippen LogP) is 0.959. The Kier molecular flexibility index (Phi) is 4.93. The lowest BCUT2D eigenvalue weighted by molar-refractivity contribution is -0.131. The quantitative estimate of drug-likeness (QED) is 0.859. The minimum atomic E-state index is 0.141. The van der Waals surface area contributed by atoms with Crippen LogP contribution in [0.2, 0.25) is 0 Å². The van der Waals surface area contributed by atoms with Gasteiger partial charge in [0.25, 0.3) is 0 Å². The highest BCUT2D eigenvalue weighted by Crippen LogP contribution is 2.15. The molecule has 1 heterocycles. The highest BCUT2D eigenvalue weighted by molar-refractivity contribution is 5.78. The van der Waals surface area contributed by atoms with E-state index in [0.29, 0.717) is 19.0 Å². The second kappa shape index (κ2) is 6.68.